The average Bonchev–Trinajstić information content (AvgIpc) is 3.18. The molecule has 1 N–H and O–H groups in total. The van der Waals surface area contributed by atoms with E-state index in [1.807, 2.05) is 0 Å². The molecule has 9 aromatic rings. The molecule has 0 spiro atoms. The van der Waals surface area contributed by atoms with Crippen molar-refractivity contribution in [3.8, 4) is 44.5 Å². The average molecular weight is 624 g/mol. The fraction of sp³-hybridized carbons (Fsp3) is 0. The number of rotatable bonds is 6. The van der Waals surface area contributed by atoms with E-state index in [0.29, 0.717) is 0 Å². The summed E-state index contributed by atoms with van der Waals surface area (Å²) in [5.41, 5.74) is 11.7. The Kier molecular flexibility index (Phi) is 7.22. The molecule has 9 rings (SSSR count). The van der Waals surface area contributed by atoms with Crippen molar-refractivity contribution >= 4 is 43.7 Å². The third-order valence-corrected chi connectivity index (χ3v) is 9.66. The minimum atomic E-state index is 1.05. The summed E-state index contributed by atoms with van der Waals surface area (Å²) < 4.78 is 0. The monoisotopic (exact) mass is 623 g/mol. The van der Waals surface area contributed by atoms with Gasteiger partial charge in [0.15, 0.2) is 0 Å². The predicted molar refractivity (Wildman–Crippen MR) is 210 cm³/mol. The number of nitrogens with one attached hydrogen (secondary N) is 1. The van der Waals surface area contributed by atoms with Crippen molar-refractivity contribution in [2.75, 3.05) is 5.32 Å². The summed E-state index contributed by atoms with van der Waals surface area (Å²) in [5.74, 6) is 0. The van der Waals surface area contributed by atoms with E-state index in [2.05, 4.69) is 199 Å². The van der Waals surface area contributed by atoms with Crippen molar-refractivity contribution in [2.45, 2.75) is 0 Å². The molecule has 1 nitrogen and oxygen atoms in total. The van der Waals surface area contributed by atoms with Crippen LogP contribution >= 0.6 is 0 Å². The summed E-state index contributed by atoms with van der Waals surface area (Å²) in [6.45, 7) is 0. The normalized spacial score (nSPS) is 11.3. The lowest BCUT2D eigenvalue weighted by Gasteiger charge is -2.19. The predicted octanol–water partition coefficient (Wildman–Crippen LogP) is 13.6. The second-order valence-corrected chi connectivity index (χ2v) is 12.6. The van der Waals surface area contributed by atoms with Crippen LogP contribution in [0.15, 0.2) is 194 Å². The van der Waals surface area contributed by atoms with Gasteiger partial charge in [-0.2, -0.15) is 0 Å². The highest BCUT2D eigenvalue weighted by molar-refractivity contribution is 6.23. The van der Waals surface area contributed by atoms with Crippen LogP contribution in [0.3, 0.4) is 0 Å². The van der Waals surface area contributed by atoms with Crippen molar-refractivity contribution in [1.82, 2.24) is 0 Å². The topological polar surface area (TPSA) is 12.0 Å². The molecule has 0 saturated heterocycles. The van der Waals surface area contributed by atoms with E-state index in [9.17, 15) is 0 Å². The molecule has 0 aliphatic carbocycles. The second kappa shape index (κ2) is 12.3. The molecule has 0 heterocycles. The highest BCUT2D eigenvalue weighted by Gasteiger charge is 2.16. The number of hydrogen-bond acceptors (Lipinski definition) is 1. The Labute approximate surface area is 286 Å². The number of benzene rings is 9. The molecule has 0 bridgehead atoms. The van der Waals surface area contributed by atoms with Crippen molar-refractivity contribution in [3.63, 3.8) is 0 Å². The first kappa shape index (κ1) is 28.8. The van der Waals surface area contributed by atoms with Gasteiger partial charge in [-0.05, 0) is 102 Å². The molecule has 0 aliphatic rings. The Balaban J connectivity index is 1.23. The fourth-order valence-electron chi connectivity index (χ4n) is 7.17. The van der Waals surface area contributed by atoms with E-state index in [0.717, 1.165) is 11.4 Å². The van der Waals surface area contributed by atoms with Gasteiger partial charge in [0.25, 0.3) is 0 Å². The van der Waals surface area contributed by atoms with Gasteiger partial charge in [0, 0.05) is 16.9 Å². The van der Waals surface area contributed by atoms with Gasteiger partial charge in [-0.15, -0.1) is 0 Å². The number of hydrogen-bond donors (Lipinski definition) is 1. The Morgan fingerprint density at radius 1 is 0.286 bits per heavy atom. The van der Waals surface area contributed by atoms with Crippen molar-refractivity contribution in [2.24, 2.45) is 0 Å². The molecule has 1 heteroatoms. The Hall–Kier alpha value is -6.44. The van der Waals surface area contributed by atoms with Crippen molar-refractivity contribution in [1.29, 1.82) is 0 Å². The molecule has 0 aromatic heterocycles. The van der Waals surface area contributed by atoms with E-state index >= 15 is 0 Å². The summed E-state index contributed by atoms with van der Waals surface area (Å²) in [6, 6.07) is 70.1. The molecule has 9 aromatic carbocycles. The molecule has 0 radical (unpaired) electrons. The summed E-state index contributed by atoms with van der Waals surface area (Å²) in [6.07, 6.45) is 0. The molecule has 0 atom stereocenters. The lowest BCUT2D eigenvalue weighted by Crippen LogP contribution is -1.96. The van der Waals surface area contributed by atoms with Crippen LogP contribution in [-0.2, 0) is 0 Å². The number of fused-ring (bicyclic) bond motifs is 5. The third-order valence-electron chi connectivity index (χ3n) is 9.66. The smallest absolute Gasteiger partial charge is 0.0464 e. The first-order valence-electron chi connectivity index (χ1n) is 16.8. The largest absolute Gasteiger partial charge is 0.355 e. The SMILES string of the molecule is c1ccc(-c2ccc(Nc3ccc(-c4ccc(-c5ccccc5)cc4)cc3-c3cc4ccccc4c4ccc5ccccc5c34)cc2)cc1. The molecule has 0 unspecified atom stereocenters. The van der Waals surface area contributed by atoms with E-state index in [1.165, 1.54) is 76.8 Å². The van der Waals surface area contributed by atoms with Crippen LogP contribution in [0.4, 0.5) is 11.4 Å². The molecule has 230 valence electrons. The lowest BCUT2D eigenvalue weighted by molar-refractivity contribution is 1.53. The van der Waals surface area contributed by atoms with Crippen molar-refractivity contribution < 1.29 is 0 Å². The van der Waals surface area contributed by atoms with Gasteiger partial charge < -0.3 is 5.32 Å². The quantitative estimate of drug-likeness (QED) is 0.182. The highest BCUT2D eigenvalue weighted by atomic mass is 14.9. The summed E-state index contributed by atoms with van der Waals surface area (Å²) in [7, 11) is 0. The summed E-state index contributed by atoms with van der Waals surface area (Å²) in [5, 5.41) is 11.4. The van der Waals surface area contributed by atoms with Crippen LogP contribution in [0.2, 0.25) is 0 Å². The zero-order valence-corrected chi connectivity index (χ0v) is 27.0. The zero-order valence-electron chi connectivity index (χ0n) is 27.0. The van der Waals surface area contributed by atoms with E-state index in [1.54, 1.807) is 0 Å². The van der Waals surface area contributed by atoms with Crippen molar-refractivity contribution in [3.05, 3.63) is 194 Å². The maximum absolute atomic E-state index is 3.82. The molecule has 49 heavy (non-hydrogen) atoms. The van der Waals surface area contributed by atoms with Crippen LogP contribution in [0.1, 0.15) is 0 Å². The van der Waals surface area contributed by atoms with Crippen LogP contribution < -0.4 is 5.32 Å². The van der Waals surface area contributed by atoms with E-state index < -0.39 is 0 Å². The van der Waals surface area contributed by atoms with Gasteiger partial charge in [-0.3, -0.25) is 0 Å². The van der Waals surface area contributed by atoms with E-state index in [-0.39, 0.29) is 0 Å². The van der Waals surface area contributed by atoms with Gasteiger partial charge in [0.05, 0.1) is 0 Å². The van der Waals surface area contributed by atoms with E-state index in [4.69, 9.17) is 0 Å². The summed E-state index contributed by atoms with van der Waals surface area (Å²) >= 11 is 0. The standard InChI is InChI=1S/C48H33N/c1-3-11-33(12-4-1)35-19-21-37(22-20-35)39-26-30-47(49-41-27-23-36(24-28-41)34-13-5-2-6-14-34)45(31-39)46-32-40-16-8-9-17-42(40)44-29-25-38-15-7-10-18-43(38)48(44)46/h1-32,49H. The minimum Gasteiger partial charge on any atom is -0.355 e. The highest BCUT2D eigenvalue weighted by Crippen LogP contribution is 2.43. The molecule has 0 fully saturated rings. The maximum Gasteiger partial charge on any atom is 0.0464 e. The molecule has 0 aliphatic heterocycles. The molecular formula is C48H33N. The molecule has 0 amide bonds. The van der Waals surface area contributed by atoms with Crippen LogP contribution in [0, 0.1) is 0 Å². The molecular weight excluding hydrogens is 591 g/mol. The molecule has 0 saturated carbocycles. The third kappa shape index (κ3) is 5.42. The van der Waals surface area contributed by atoms with Crippen LogP contribution in [0.25, 0.3) is 76.8 Å². The first-order chi connectivity index (χ1) is 24.3. The Morgan fingerprint density at radius 3 is 1.47 bits per heavy atom. The zero-order chi connectivity index (χ0) is 32.6. The second-order valence-electron chi connectivity index (χ2n) is 12.6. The van der Waals surface area contributed by atoms with Gasteiger partial charge in [-0.25, -0.2) is 0 Å². The lowest BCUT2D eigenvalue weighted by atomic mass is 9.88. The minimum absolute atomic E-state index is 1.05. The first-order valence-corrected chi connectivity index (χ1v) is 16.8. The van der Waals surface area contributed by atoms with Gasteiger partial charge >= 0.3 is 0 Å². The van der Waals surface area contributed by atoms with Gasteiger partial charge in [0.2, 0.25) is 0 Å². The Bertz CT molecular complexity index is 2580. The van der Waals surface area contributed by atoms with Crippen LogP contribution in [0.5, 0.6) is 0 Å². The fourth-order valence-corrected chi connectivity index (χ4v) is 7.17. The summed E-state index contributed by atoms with van der Waals surface area (Å²) in [4.78, 5) is 0. The van der Waals surface area contributed by atoms with Gasteiger partial charge in [-0.1, -0.05) is 164 Å². The van der Waals surface area contributed by atoms with Crippen LogP contribution in [-0.4, -0.2) is 0 Å². The maximum atomic E-state index is 3.82. The Morgan fingerprint density at radius 2 is 0.796 bits per heavy atom. The van der Waals surface area contributed by atoms with Gasteiger partial charge in [0.1, 0.15) is 0 Å². The number of anilines is 2.